The third-order valence-electron chi connectivity index (χ3n) is 5.72. The minimum Gasteiger partial charge on any atom is -0.322 e. The lowest BCUT2D eigenvalue weighted by Gasteiger charge is -2.56. The highest BCUT2D eigenvalue weighted by molar-refractivity contribution is 5.91. The quantitative estimate of drug-likeness (QED) is 0.792. The van der Waals surface area contributed by atoms with E-state index in [0.29, 0.717) is 11.2 Å². The molecule has 1 aromatic heterocycles. The first-order chi connectivity index (χ1) is 9.80. The highest BCUT2D eigenvalue weighted by Gasteiger charge is 2.60. The summed E-state index contributed by atoms with van der Waals surface area (Å²) >= 11 is 0. The van der Waals surface area contributed by atoms with Crippen molar-refractivity contribution in [2.75, 3.05) is 0 Å². The molecule has 100 valence electrons. The van der Waals surface area contributed by atoms with Gasteiger partial charge < -0.3 is 4.57 Å². The number of carbonyl (C=O) groups excluding carboxylic acids is 1. The van der Waals surface area contributed by atoms with Crippen LogP contribution in [-0.4, -0.2) is 15.3 Å². The Kier molecular flexibility index (Phi) is 1.84. The van der Waals surface area contributed by atoms with Crippen molar-refractivity contribution in [1.29, 1.82) is 0 Å². The Balaban J connectivity index is 1.70. The van der Waals surface area contributed by atoms with Crippen LogP contribution in [0.3, 0.4) is 0 Å². The van der Waals surface area contributed by atoms with Crippen LogP contribution in [0.4, 0.5) is 0 Å². The first-order valence-corrected chi connectivity index (χ1v) is 7.44. The van der Waals surface area contributed by atoms with E-state index in [0.717, 1.165) is 6.42 Å². The summed E-state index contributed by atoms with van der Waals surface area (Å²) in [5.41, 5.74) is 4.04. The molecule has 0 amide bonds. The SMILES string of the molecule is O=C1CC2(CCC2)C1C1c2ccccc2-c2cncn21. The standard InChI is InChI=1S/C17H16N2O/c20-14-8-17(6-3-7-17)15(14)16-12-5-2-1-4-11(12)13-9-18-10-19(13)16/h1-2,4-5,9-10,15-16H,3,6-8H2. The average molecular weight is 264 g/mol. The van der Waals surface area contributed by atoms with Crippen LogP contribution in [0.1, 0.15) is 37.3 Å². The van der Waals surface area contributed by atoms with E-state index in [1.807, 2.05) is 12.5 Å². The van der Waals surface area contributed by atoms with Crippen LogP contribution >= 0.6 is 0 Å². The van der Waals surface area contributed by atoms with Crippen molar-refractivity contribution in [1.82, 2.24) is 9.55 Å². The van der Waals surface area contributed by atoms with E-state index >= 15 is 0 Å². The van der Waals surface area contributed by atoms with Crippen LogP contribution in [0.15, 0.2) is 36.8 Å². The van der Waals surface area contributed by atoms with Gasteiger partial charge in [0.1, 0.15) is 5.78 Å². The number of benzene rings is 1. The molecule has 0 radical (unpaired) electrons. The van der Waals surface area contributed by atoms with Gasteiger partial charge in [0.2, 0.25) is 0 Å². The number of hydrogen-bond acceptors (Lipinski definition) is 2. The minimum absolute atomic E-state index is 0.174. The first kappa shape index (κ1) is 10.8. The molecule has 3 nitrogen and oxygen atoms in total. The van der Waals surface area contributed by atoms with E-state index in [1.54, 1.807) is 0 Å². The first-order valence-electron chi connectivity index (χ1n) is 7.44. The Bertz CT molecular complexity index is 726. The van der Waals surface area contributed by atoms with E-state index in [-0.39, 0.29) is 12.0 Å². The van der Waals surface area contributed by atoms with Gasteiger partial charge in [0, 0.05) is 17.9 Å². The zero-order chi connectivity index (χ0) is 13.3. The molecular weight excluding hydrogens is 248 g/mol. The Morgan fingerprint density at radius 1 is 1.25 bits per heavy atom. The topological polar surface area (TPSA) is 34.9 Å². The minimum atomic E-state index is 0.174. The number of rotatable bonds is 1. The molecule has 2 saturated carbocycles. The molecule has 2 unspecified atom stereocenters. The van der Waals surface area contributed by atoms with Crippen molar-refractivity contribution in [2.45, 2.75) is 31.7 Å². The Morgan fingerprint density at radius 2 is 2.10 bits per heavy atom. The molecule has 1 aliphatic heterocycles. The molecule has 2 aromatic rings. The fourth-order valence-electron chi connectivity index (χ4n) is 4.62. The predicted octanol–water partition coefficient (Wildman–Crippen LogP) is 3.21. The number of imidazole rings is 1. The molecule has 1 aromatic carbocycles. The molecule has 0 saturated heterocycles. The van der Waals surface area contributed by atoms with Gasteiger partial charge in [0.15, 0.2) is 0 Å². The molecule has 1 spiro atoms. The second-order valence-electron chi connectivity index (χ2n) is 6.55. The van der Waals surface area contributed by atoms with Crippen molar-refractivity contribution in [3.05, 3.63) is 42.4 Å². The maximum Gasteiger partial charge on any atom is 0.139 e. The van der Waals surface area contributed by atoms with Crippen LogP contribution in [0.2, 0.25) is 0 Å². The van der Waals surface area contributed by atoms with Crippen LogP contribution in [0, 0.1) is 11.3 Å². The van der Waals surface area contributed by atoms with Gasteiger partial charge in [-0.1, -0.05) is 30.7 Å². The van der Waals surface area contributed by atoms with Crippen molar-refractivity contribution < 1.29 is 4.79 Å². The molecule has 0 bridgehead atoms. The van der Waals surface area contributed by atoms with Crippen LogP contribution < -0.4 is 0 Å². The van der Waals surface area contributed by atoms with Crippen molar-refractivity contribution in [3.8, 4) is 11.3 Å². The maximum atomic E-state index is 12.3. The van der Waals surface area contributed by atoms with E-state index in [2.05, 4.69) is 33.8 Å². The number of carbonyl (C=O) groups is 1. The van der Waals surface area contributed by atoms with Crippen LogP contribution in [-0.2, 0) is 4.79 Å². The fraction of sp³-hybridized carbons (Fsp3) is 0.412. The second kappa shape index (κ2) is 3.40. The fourth-order valence-corrected chi connectivity index (χ4v) is 4.62. The third-order valence-corrected chi connectivity index (χ3v) is 5.72. The lowest BCUT2D eigenvalue weighted by Crippen LogP contribution is -2.55. The van der Waals surface area contributed by atoms with Gasteiger partial charge in [-0.15, -0.1) is 0 Å². The van der Waals surface area contributed by atoms with Crippen molar-refractivity contribution in [2.24, 2.45) is 11.3 Å². The van der Waals surface area contributed by atoms with E-state index in [9.17, 15) is 4.79 Å². The molecule has 0 N–H and O–H groups in total. The molecule has 5 rings (SSSR count). The smallest absolute Gasteiger partial charge is 0.139 e. The number of ketones is 1. The highest BCUT2D eigenvalue weighted by Crippen LogP contribution is 2.63. The van der Waals surface area contributed by atoms with Gasteiger partial charge in [-0.05, 0) is 23.8 Å². The van der Waals surface area contributed by atoms with Gasteiger partial charge in [0.05, 0.1) is 24.3 Å². The Labute approximate surface area is 117 Å². The number of hydrogen-bond donors (Lipinski definition) is 0. The van der Waals surface area contributed by atoms with Crippen LogP contribution in [0.25, 0.3) is 11.3 Å². The number of aromatic nitrogens is 2. The normalized spacial score (nSPS) is 28.7. The molecular formula is C17H16N2O. The van der Waals surface area contributed by atoms with E-state index < -0.39 is 0 Å². The van der Waals surface area contributed by atoms with E-state index in [4.69, 9.17) is 0 Å². The summed E-state index contributed by atoms with van der Waals surface area (Å²) in [6, 6.07) is 8.68. The number of fused-ring (bicyclic) bond motifs is 3. The predicted molar refractivity (Wildman–Crippen MR) is 75.2 cm³/mol. The summed E-state index contributed by atoms with van der Waals surface area (Å²) in [5.74, 6) is 0.624. The molecule has 2 atom stereocenters. The molecule has 3 heteroatoms. The number of Topliss-reactive ketones (excluding diaryl/α,β-unsaturated/α-hetero) is 1. The monoisotopic (exact) mass is 264 g/mol. The average Bonchev–Trinajstić information content (AvgIpc) is 2.97. The molecule has 2 heterocycles. The summed E-state index contributed by atoms with van der Waals surface area (Å²) in [5, 5.41) is 0. The molecule has 3 aliphatic rings. The second-order valence-corrected chi connectivity index (χ2v) is 6.55. The summed E-state index contributed by atoms with van der Waals surface area (Å²) in [7, 11) is 0. The van der Waals surface area contributed by atoms with Crippen LogP contribution in [0.5, 0.6) is 0 Å². The van der Waals surface area contributed by atoms with Crippen molar-refractivity contribution >= 4 is 5.78 Å². The van der Waals surface area contributed by atoms with Gasteiger partial charge in [0.25, 0.3) is 0 Å². The van der Waals surface area contributed by atoms with Gasteiger partial charge in [-0.25, -0.2) is 4.98 Å². The lowest BCUT2D eigenvalue weighted by molar-refractivity contribution is -0.155. The van der Waals surface area contributed by atoms with Gasteiger partial charge >= 0.3 is 0 Å². The third kappa shape index (κ3) is 1.09. The Morgan fingerprint density at radius 3 is 2.85 bits per heavy atom. The Hall–Kier alpha value is -1.90. The zero-order valence-corrected chi connectivity index (χ0v) is 11.2. The summed E-state index contributed by atoms with van der Waals surface area (Å²) in [6.07, 6.45) is 8.38. The molecule has 20 heavy (non-hydrogen) atoms. The van der Waals surface area contributed by atoms with Crippen molar-refractivity contribution in [3.63, 3.8) is 0 Å². The summed E-state index contributed by atoms with van der Waals surface area (Å²) in [6.45, 7) is 0. The zero-order valence-electron chi connectivity index (χ0n) is 11.2. The lowest BCUT2D eigenvalue weighted by atomic mass is 9.47. The summed E-state index contributed by atoms with van der Waals surface area (Å²) < 4.78 is 2.23. The number of nitrogens with zero attached hydrogens (tertiary/aromatic N) is 2. The maximum absolute atomic E-state index is 12.3. The molecule has 2 aliphatic carbocycles. The largest absolute Gasteiger partial charge is 0.322 e. The highest BCUT2D eigenvalue weighted by atomic mass is 16.1. The van der Waals surface area contributed by atoms with E-state index in [1.165, 1.54) is 36.1 Å². The molecule has 2 fully saturated rings. The van der Waals surface area contributed by atoms with Gasteiger partial charge in [-0.3, -0.25) is 4.79 Å². The van der Waals surface area contributed by atoms with Gasteiger partial charge in [-0.2, -0.15) is 0 Å². The summed E-state index contributed by atoms with van der Waals surface area (Å²) in [4.78, 5) is 16.6.